The highest BCUT2D eigenvalue weighted by molar-refractivity contribution is 6.31. The molecule has 0 unspecified atom stereocenters. The molecule has 0 aromatic heterocycles. The number of rotatable bonds is 4. The zero-order valence-corrected chi connectivity index (χ0v) is 20.2. The van der Waals surface area contributed by atoms with Crippen molar-refractivity contribution >= 4 is 46.7 Å². The van der Waals surface area contributed by atoms with Gasteiger partial charge in [-0.1, -0.05) is 36.7 Å². The highest BCUT2D eigenvalue weighted by Crippen LogP contribution is 2.40. The topological polar surface area (TPSA) is 84.0 Å². The molecule has 8 heteroatoms. The van der Waals surface area contributed by atoms with Crippen LogP contribution in [-0.4, -0.2) is 30.2 Å². The molecular weight excluding hydrogens is 468 g/mol. The average Bonchev–Trinajstić information content (AvgIpc) is 3.34. The Morgan fingerprint density at radius 3 is 2.43 bits per heavy atom. The van der Waals surface area contributed by atoms with Crippen molar-refractivity contribution in [3.63, 3.8) is 0 Å². The fraction of sp³-hybridized carbons (Fsp3) is 0.333. The molecule has 180 valence electrons. The summed E-state index contributed by atoms with van der Waals surface area (Å²) in [5, 5.41) is 0.557. The van der Waals surface area contributed by atoms with Crippen molar-refractivity contribution in [2.24, 2.45) is 23.7 Å². The zero-order chi connectivity index (χ0) is 24.9. The third kappa shape index (κ3) is 4.14. The molecule has 0 radical (unpaired) electrons. The molecule has 2 saturated heterocycles. The van der Waals surface area contributed by atoms with Crippen LogP contribution in [0.5, 0.6) is 5.75 Å². The van der Waals surface area contributed by atoms with Gasteiger partial charge in [-0.05, 0) is 61.2 Å². The van der Waals surface area contributed by atoms with Crippen LogP contribution in [0.25, 0.3) is 0 Å². The van der Waals surface area contributed by atoms with Crippen LogP contribution in [0.2, 0.25) is 5.02 Å². The summed E-state index contributed by atoms with van der Waals surface area (Å²) in [5.74, 6) is -2.04. The van der Waals surface area contributed by atoms with Gasteiger partial charge in [0.05, 0.1) is 23.4 Å². The molecule has 1 aliphatic carbocycles. The Labute approximate surface area is 208 Å². The van der Waals surface area contributed by atoms with Gasteiger partial charge in [-0.15, -0.1) is 0 Å². The van der Waals surface area contributed by atoms with Crippen LogP contribution in [0.4, 0.5) is 11.4 Å². The number of amides is 3. The second-order valence-electron chi connectivity index (χ2n) is 9.42. The van der Waals surface area contributed by atoms with Crippen LogP contribution in [0.1, 0.15) is 25.3 Å². The van der Waals surface area contributed by atoms with E-state index in [2.05, 4.69) is 0 Å². The number of carbonyl (C=O) groups is 4. The Kier molecular flexibility index (Phi) is 5.97. The lowest BCUT2D eigenvalue weighted by Crippen LogP contribution is -2.31. The summed E-state index contributed by atoms with van der Waals surface area (Å²) in [7, 11) is 0. The SMILES string of the molecule is Cc1ccc(N2C[C@H](C(=O)Oc3ccc(N4C(=O)[C@H]5[C@@H](C)C=CC[C@H]5C4=O)cc3)CC2=O)cc1Cl. The van der Waals surface area contributed by atoms with Crippen molar-refractivity contribution in [3.05, 3.63) is 65.2 Å². The second-order valence-corrected chi connectivity index (χ2v) is 9.83. The number of fused-ring (bicyclic) bond motifs is 1. The monoisotopic (exact) mass is 492 g/mol. The van der Waals surface area contributed by atoms with Crippen LogP contribution in [0, 0.1) is 30.6 Å². The molecule has 0 N–H and O–H groups in total. The predicted octanol–water partition coefficient (Wildman–Crippen LogP) is 4.31. The molecular formula is C27H25ClN2O5. The second kappa shape index (κ2) is 8.96. The minimum absolute atomic E-state index is 0.0139. The standard InChI is InChI=1S/C27H25ClN2O5/c1-15-6-7-19(13-22(15)28)29-14-17(12-23(29)31)27(34)35-20-10-8-18(9-11-20)30-25(32)21-5-3-4-16(2)24(21)26(30)33/h3-4,6-11,13,16-17,21,24H,5,12,14H2,1-2H3/t16-,17+,21+,24-/m0/s1. The molecule has 2 aliphatic heterocycles. The molecule has 4 atom stereocenters. The number of halogens is 1. The first-order valence-electron chi connectivity index (χ1n) is 11.7. The normalized spacial score (nSPS) is 25.9. The number of ether oxygens (including phenoxy) is 1. The lowest BCUT2D eigenvalue weighted by molar-refractivity contribution is -0.139. The van der Waals surface area contributed by atoms with E-state index in [4.69, 9.17) is 16.3 Å². The molecule has 0 spiro atoms. The van der Waals surface area contributed by atoms with Crippen molar-refractivity contribution in [2.75, 3.05) is 16.3 Å². The molecule has 5 rings (SSSR count). The van der Waals surface area contributed by atoms with Crippen LogP contribution in [0.15, 0.2) is 54.6 Å². The maximum absolute atomic E-state index is 13.0. The number of imide groups is 1. The van der Waals surface area contributed by atoms with E-state index in [1.807, 2.05) is 32.1 Å². The number of aryl methyl sites for hydroxylation is 1. The van der Waals surface area contributed by atoms with Crippen molar-refractivity contribution in [3.8, 4) is 5.75 Å². The van der Waals surface area contributed by atoms with Gasteiger partial charge >= 0.3 is 5.97 Å². The van der Waals surface area contributed by atoms with Crippen molar-refractivity contribution < 1.29 is 23.9 Å². The summed E-state index contributed by atoms with van der Waals surface area (Å²) in [6.07, 6.45) is 4.57. The first-order valence-corrected chi connectivity index (χ1v) is 12.0. The first kappa shape index (κ1) is 23.3. The smallest absolute Gasteiger partial charge is 0.316 e. The van der Waals surface area contributed by atoms with Gasteiger partial charge < -0.3 is 9.64 Å². The van der Waals surface area contributed by atoms with E-state index in [1.165, 1.54) is 4.90 Å². The summed E-state index contributed by atoms with van der Waals surface area (Å²) in [6.45, 7) is 4.04. The lowest BCUT2D eigenvalue weighted by Gasteiger charge is -2.22. The summed E-state index contributed by atoms with van der Waals surface area (Å²) in [6, 6.07) is 11.7. The predicted molar refractivity (Wildman–Crippen MR) is 131 cm³/mol. The van der Waals surface area contributed by atoms with E-state index in [0.29, 0.717) is 22.8 Å². The van der Waals surface area contributed by atoms with Gasteiger partial charge in [0.1, 0.15) is 5.75 Å². The molecule has 2 aromatic carbocycles. The van der Waals surface area contributed by atoms with Gasteiger partial charge in [-0.2, -0.15) is 0 Å². The van der Waals surface area contributed by atoms with Gasteiger partial charge in [0, 0.05) is 23.7 Å². The Morgan fingerprint density at radius 1 is 1.03 bits per heavy atom. The fourth-order valence-electron chi connectivity index (χ4n) is 5.13. The van der Waals surface area contributed by atoms with Crippen LogP contribution < -0.4 is 14.5 Å². The molecule has 2 fully saturated rings. The Morgan fingerprint density at radius 2 is 1.74 bits per heavy atom. The van der Waals surface area contributed by atoms with Crippen molar-refractivity contribution in [1.82, 2.24) is 0 Å². The zero-order valence-electron chi connectivity index (χ0n) is 19.4. The maximum Gasteiger partial charge on any atom is 0.316 e. The Hall–Kier alpha value is -3.45. The molecule has 2 heterocycles. The van der Waals surface area contributed by atoms with E-state index in [-0.39, 0.29) is 54.2 Å². The summed E-state index contributed by atoms with van der Waals surface area (Å²) >= 11 is 6.19. The number of hydrogen-bond acceptors (Lipinski definition) is 5. The molecule has 0 bridgehead atoms. The molecule has 0 saturated carbocycles. The Balaban J connectivity index is 1.25. The third-order valence-electron chi connectivity index (χ3n) is 7.11. The van der Waals surface area contributed by atoms with Gasteiger partial charge in [-0.3, -0.25) is 24.1 Å². The van der Waals surface area contributed by atoms with Crippen molar-refractivity contribution in [2.45, 2.75) is 26.7 Å². The highest BCUT2D eigenvalue weighted by Gasteiger charge is 2.50. The number of benzene rings is 2. The number of esters is 1. The largest absolute Gasteiger partial charge is 0.426 e. The van der Waals surface area contributed by atoms with E-state index in [1.54, 1.807) is 41.3 Å². The van der Waals surface area contributed by atoms with Gasteiger partial charge in [-0.25, -0.2) is 0 Å². The van der Waals surface area contributed by atoms with E-state index in [9.17, 15) is 19.2 Å². The number of anilines is 2. The van der Waals surface area contributed by atoms with Crippen LogP contribution in [0.3, 0.4) is 0 Å². The number of hydrogen-bond donors (Lipinski definition) is 0. The maximum atomic E-state index is 13.0. The highest BCUT2D eigenvalue weighted by atomic mass is 35.5. The molecule has 7 nitrogen and oxygen atoms in total. The van der Waals surface area contributed by atoms with E-state index in [0.717, 1.165) is 5.56 Å². The number of allylic oxidation sites excluding steroid dienone is 2. The molecule has 2 aromatic rings. The van der Waals surface area contributed by atoms with Gasteiger partial charge in [0.2, 0.25) is 17.7 Å². The number of carbonyl (C=O) groups excluding carboxylic acids is 4. The van der Waals surface area contributed by atoms with Gasteiger partial charge in [0.15, 0.2) is 0 Å². The quantitative estimate of drug-likeness (QED) is 0.275. The lowest BCUT2D eigenvalue weighted by atomic mass is 9.78. The summed E-state index contributed by atoms with van der Waals surface area (Å²) in [5.41, 5.74) is 2.01. The molecule has 35 heavy (non-hydrogen) atoms. The van der Waals surface area contributed by atoms with Gasteiger partial charge in [0.25, 0.3) is 0 Å². The minimum Gasteiger partial charge on any atom is -0.426 e. The van der Waals surface area contributed by atoms with E-state index >= 15 is 0 Å². The van der Waals surface area contributed by atoms with Crippen LogP contribution >= 0.6 is 11.6 Å². The first-order chi connectivity index (χ1) is 16.7. The molecule has 3 aliphatic rings. The van der Waals surface area contributed by atoms with E-state index < -0.39 is 11.9 Å². The minimum atomic E-state index is -0.610. The molecule has 3 amide bonds. The van der Waals surface area contributed by atoms with Crippen molar-refractivity contribution in [1.29, 1.82) is 0 Å². The van der Waals surface area contributed by atoms with Crippen LogP contribution in [-0.2, 0) is 19.2 Å². The average molecular weight is 493 g/mol. The third-order valence-corrected chi connectivity index (χ3v) is 7.52. The number of nitrogens with zero attached hydrogens (tertiary/aromatic N) is 2. The fourth-order valence-corrected chi connectivity index (χ4v) is 5.30. The summed E-state index contributed by atoms with van der Waals surface area (Å²) in [4.78, 5) is 53.9. The Bertz CT molecular complexity index is 1250. The summed E-state index contributed by atoms with van der Waals surface area (Å²) < 4.78 is 5.51.